The molecule has 5 nitrogen and oxygen atoms in total. The summed E-state index contributed by atoms with van der Waals surface area (Å²) in [5.41, 5.74) is 2.22. The van der Waals surface area contributed by atoms with Crippen LogP contribution in [0.1, 0.15) is 35.1 Å². The summed E-state index contributed by atoms with van der Waals surface area (Å²) in [5.74, 6) is 0. The van der Waals surface area contributed by atoms with Crippen LogP contribution in [0.15, 0.2) is 29.9 Å². The van der Waals surface area contributed by atoms with Gasteiger partial charge in [-0.25, -0.2) is 9.78 Å². The van der Waals surface area contributed by atoms with E-state index in [1.165, 1.54) is 0 Å². The highest BCUT2D eigenvalue weighted by atomic mass is 32.1. The summed E-state index contributed by atoms with van der Waals surface area (Å²) in [6.07, 6.45) is 6.42. The molecule has 6 heteroatoms. The molecule has 2 amide bonds. The molecule has 1 aliphatic rings. The summed E-state index contributed by atoms with van der Waals surface area (Å²) >= 11 is 1.65. The third-order valence-electron chi connectivity index (χ3n) is 3.93. The minimum atomic E-state index is 0.0197. The second kappa shape index (κ2) is 6.87. The van der Waals surface area contributed by atoms with Gasteiger partial charge in [0.25, 0.3) is 0 Å². The van der Waals surface area contributed by atoms with Gasteiger partial charge in [-0.3, -0.25) is 4.98 Å². The van der Waals surface area contributed by atoms with Gasteiger partial charge < -0.3 is 10.2 Å². The quantitative estimate of drug-likeness (QED) is 0.943. The van der Waals surface area contributed by atoms with Gasteiger partial charge in [0.1, 0.15) is 0 Å². The van der Waals surface area contributed by atoms with Crippen molar-refractivity contribution in [3.63, 3.8) is 0 Å². The molecule has 3 heterocycles. The van der Waals surface area contributed by atoms with Crippen LogP contribution in [0.2, 0.25) is 0 Å². The average molecular weight is 316 g/mol. The summed E-state index contributed by atoms with van der Waals surface area (Å²) in [5, 5.41) is 6.14. The largest absolute Gasteiger partial charge is 0.338 e. The first-order valence-electron chi connectivity index (χ1n) is 7.59. The van der Waals surface area contributed by atoms with E-state index in [1.54, 1.807) is 23.7 Å². The monoisotopic (exact) mass is 316 g/mol. The number of hydrogen-bond acceptors (Lipinski definition) is 4. The number of rotatable bonds is 4. The Morgan fingerprint density at radius 2 is 2.27 bits per heavy atom. The molecule has 116 valence electrons. The molecule has 0 spiro atoms. The van der Waals surface area contributed by atoms with Crippen molar-refractivity contribution in [2.45, 2.75) is 32.2 Å². The van der Waals surface area contributed by atoms with Crippen LogP contribution >= 0.6 is 11.3 Å². The smallest absolute Gasteiger partial charge is 0.317 e. The zero-order valence-electron chi connectivity index (χ0n) is 12.7. The van der Waals surface area contributed by atoms with E-state index in [4.69, 9.17) is 0 Å². The van der Waals surface area contributed by atoms with Crippen molar-refractivity contribution in [3.05, 3.63) is 46.2 Å². The molecule has 3 rings (SSSR count). The summed E-state index contributed by atoms with van der Waals surface area (Å²) in [7, 11) is 0. The Bertz CT molecular complexity index is 628. The first-order chi connectivity index (χ1) is 10.7. The van der Waals surface area contributed by atoms with E-state index < -0.39 is 0 Å². The molecule has 0 bridgehead atoms. The van der Waals surface area contributed by atoms with E-state index in [0.717, 1.165) is 42.1 Å². The molecule has 1 N–H and O–H groups in total. The first-order valence-corrected chi connectivity index (χ1v) is 8.47. The molecule has 0 aliphatic carbocycles. The standard InChI is InChI=1S/C16H20N4OS/c1-12-19-14(11-22-12)6-9-18-16(21)20-10-2-3-15(20)13-4-7-17-8-5-13/h4-5,7-8,11,15H,2-3,6,9-10H2,1H3,(H,18,21)/t15-/m0/s1. The van der Waals surface area contributed by atoms with Crippen LogP contribution in [-0.4, -0.2) is 34.0 Å². The van der Waals surface area contributed by atoms with Crippen molar-refractivity contribution in [1.82, 2.24) is 20.2 Å². The van der Waals surface area contributed by atoms with Gasteiger partial charge in [0.05, 0.1) is 16.7 Å². The van der Waals surface area contributed by atoms with Crippen LogP contribution in [0.25, 0.3) is 0 Å². The van der Waals surface area contributed by atoms with Crippen LogP contribution in [0.5, 0.6) is 0 Å². The van der Waals surface area contributed by atoms with Crippen molar-refractivity contribution < 1.29 is 4.79 Å². The zero-order chi connectivity index (χ0) is 15.4. The number of nitrogens with zero attached hydrogens (tertiary/aromatic N) is 3. The van der Waals surface area contributed by atoms with Crippen molar-refractivity contribution in [3.8, 4) is 0 Å². The first kappa shape index (κ1) is 15.0. The molecule has 2 aromatic heterocycles. The number of pyridine rings is 1. The van der Waals surface area contributed by atoms with Gasteiger partial charge in [0.15, 0.2) is 0 Å². The summed E-state index contributed by atoms with van der Waals surface area (Å²) in [6, 6.07) is 4.18. The number of aromatic nitrogens is 2. The number of likely N-dealkylation sites (tertiary alicyclic amines) is 1. The van der Waals surface area contributed by atoms with E-state index in [1.807, 2.05) is 24.0 Å². The Kier molecular flexibility index (Phi) is 4.68. The van der Waals surface area contributed by atoms with Gasteiger partial charge in [-0.05, 0) is 37.5 Å². The number of carbonyl (C=O) groups is 1. The number of hydrogen-bond donors (Lipinski definition) is 1. The van der Waals surface area contributed by atoms with Gasteiger partial charge in [-0.15, -0.1) is 11.3 Å². The average Bonchev–Trinajstić information content (AvgIpc) is 3.17. The highest BCUT2D eigenvalue weighted by Gasteiger charge is 2.29. The molecule has 0 saturated carbocycles. The van der Waals surface area contributed by atoms with Crippen molar-refractivity contribution in [1.29, 1.82) is 0 Å². The maximum Gasteiger partial charge on any atom is 0.317 e. The number of thiazole rings is 1. The van der Waals surface area contributed by atoms with Crippen LogP contribution < -0.4 is 5.32 Å². The predicted octanol–water partition coefficient (Wildman–Crippen LogP) is 2.94. The Labute approximate surface area is 134 Å². The van der Waals surface area contributed by atoms with Crippen LogP contribution in [0.3, 0.4) is 0 Å². The number of carbonyl (C=O) groups excluding carboxylic acids is 1. The molecular weight excluding hydrogens is 296 g/mol. The topological polar surface area (TPSA) is 58.1 Å². The van der Waals surface area contributed by atoms with Crippen LogP contribution in [0, 0.1) is 6.92 Å². The van der Waals surface area contributed by atoms with E-state index >= 15 is 0 Å². The fraction of sp³-hybridized carbons (Fsp3) is 0.438. The van der Waals surface area contributed by atoms with Gasteiger partial charge in [0, 0.05) is 37.3 Å². The highest BCUT2D eigenvalue weighted by Crippen LogP contribution is 2.31. The Balaban J connectivity index is 1.55. The molecule has 0 radical (unpaired) electrons. The second-order valence-electron chi connectivity index (χ2n) is 5.47. The number of amides is 2. The SMILES string of the molecule is Cc1nc(CCNC(=O)N2CCC[C@H]2c2ccncc2)cs1. The van der Waals surface area contributed by atoms with Crippen molar-refractivity contribution in [2.75, 3.05) is 13.1 Å². The Morgan fingerprint density at radius 1 is 1.45 bits per heavy atom. The van der Waals surface area contributed by atoms with Gasteiger partial charge in [0.2, 0.25) is 0 Å². The normalized spacial score (nSPS) is 17.7. The van der Waals surface area contributed by atoms with Gasteiger partial charge >= 0.3 is 6.03 Å². The molecule has 1 aliphatic heterocycles. The molecule has 0 aromatic carbocycles. The van der Waals surface area contributed by atoms with Crippen LogP contribution in [-0.2, 0) is 6.42 Å². The summed E-state index contributed by atoms with van der Waals surface area (Å²) < 4.78 is 0. The van der Waals surface area contributed by atoms with Crippen molar-refractivity contribution >= 4 is 17.4 Å². The maximum absolute atomic E-state index is 12.4. The third kappa shape index (κ3) is 3.44. The predicted molar refractivity (Wildman–Crippen MR) is 86.9 cm³/mol. The van der Waals surface area contributed by atoms with Gasteiger partial charge in [-0.2, -0.15) is 0 Å². The maximum atomic E-state index is 12.4. The fourth-order valence-corrected chi connectivity index (χ4v) is 3.51. The zero-order valence-corrected chi connectivity index (χ0v) is 13.5. The van der Waals surface area contributed by atoms with E-state index in [-0.39, 0.29) is 12.1 Å². The van der Waals surface area contributed by atoms with E-state index in [9.17, 15) is 4.79 Å². The summed E-state index contributed by atoms with van der Waals surface area (Å²) in [6.45, 7) is 3.44. The lowest BCUT2D eigenvalue weighted by Gasteiger charge is -2.25. The molecule has 22 heavy (non-hydrogen) atoms. The minimum absolute atomic E-state index is 0.0197. The Hall–Kier alpha value is -1.95. The van der Waals surface area contributed by atoms with E-state index in [2.05, 4.69) is 20.7 Å². The lowest BCUT2D eigenvalue weighted by molar-refractivity contribution is 0.193. The molecule has 0 unspecified atom stereocenters. The molecular formula is C16H20N4OS. The Morgan fingerprint density at radius 3 is 3.00 bits per heavy atom. The number of aryl methyl sites for hydroxylation is 1. The van der Waals surface area contributed by atoms with Crippen molar-refractivity contribution in [2.24, 2.45) is 0 Å². The molecule has 1 atom stereocenters. The third-order valence-corrected chi connectivity index (χ3v) is 4.75. The molecule has 1 saturated heterocycles. The molecule has 2 aromatic rings. The van der Waals surface area contributed by atoms with E-state index in [0.29, 0.717) is 6.54 Å². The van der Waals surface area contributed by atoms with Crippen LogP contribution in [0.4, 0.5) is 4.79 Å². The van der Waals surface area contributed by atoms with Gasteiger partial charge in [-0.1, -0.05) is 0 Å². The minimum Gasteiger partial charge on any atom is -0.338 e. The number of nitrogens with one attached hydrogen (secondary N) is 1. The second-order valence-corrected chi connectivity index (χ2v) is 6.53. The lowest BCUT2D eigenvalue weighted by Crippen LogP contribution is -2.40. The molecule has 1 fully saturated rings. The number of urea groups is 1. The summed E-state index contributed by atoms with van der Waals surface area (Å²) in [4.78, 5) is 22.8. The highest BCUT2D eigenvalue weighted by molar-refractivity contribution is 7.09. The lowest BCUT2D eigenvalue weighted by atomic mass is 10.1. The fourth-order valence-electron chi connectivity index (χ4n) is 2.86.